The van der Waals surface area contributed by atoms with Crippen LogP contribution in [0.1, 0.15) is 12.5 Å². The van der Waals surface area contributed by atoms with E-state index in [4.69, 9.17) is 4.42 Å². The molecule has 3 nitrogen and oxygen atoms in total. The molecule has 0 radical (unpaired) electrons. The fourth-order valence-electron chi connectivity index (χ4n) is 1.61. The number of hydrogen-bond acceptors (Lipinski definition) is 3. The second kappa shape index (κ2) is 4.79. The van der Waals surface area contributed by atoms with E-state index < -0.39 is 17.7 Å². The first kappa shape index (κ1) is 13.2. The number of carbonyl (C=O) groups is 1. The van der Waals surface area contributed by atoms with Gasteiger partial charge in [-0.15, -0.1) is 0 Å². The summed E-state index contributed by atoms with van der Waals surface area (Å²) >= 11 is 0. The molecule has 1 heterocycles. The summed E-state index contributed by atoms with van der Waals surface area (Å²) in [7, 11) is 0. The fraction of sp³-hybridized carbons (Fsp3) is 0.154. The molecule has 0 amide bonds. The highest BCUT2D eigenvalue weighted by Gasteiger charge is 2.34. The van der Waals surface area contributed by atoms with Crippen molar-refractivity contribution in [3.63, 3.8) is 0 Å². The third kappa shape index (κ3) is 2.96. The number of furan rings is 1. The molecule has 0 N–H and O–H groups in total. The Morgan fingerprint density at radius 3 is 2.47 bits per heavy atom. The SMILES string of the molecule is CC(=O)Oc1ccc(-c2ccccc2C(F)(F)F)o1. The predicted molar refractivity (Wildman–Crippen MR) is 60.5 cm³/mol. The molecule has 0 saturated heterocycles. The Hall–Kier alpha value is -2.24. The Morgan fingerprint density at radius 1 is 1.16 bits per heavy atom. The molecule has 0 aliphatic carbocycles. The topological polar surface area (TPSA) is 39.4 Å². The highest BCUT2D eigenvalue weighted by Crippen LogP contribution is 2.38. The highest BCUT2D eigenvalue weighted by molar-refractivity contribution is 5.69. The van der Waals surface area contributed by atoms with E-state index >= 15 is 0 Å². The summed E-state index contributed by atoms with van der Waals surface area (Å²) in [6.45, 7) is 1.17. The molecule has 1 aromatic carbocycles. The molecule has 0 fully saturated rings. The van der Waals surface area contributed by atoms with Crippen molar-refractivity contribution in [3.05, 3.63) is 42.0 Å². The second-order valence-electron chi connectivity index (χ2n) is 3.76. The molecule has 0 spiro atoms. The number of esters is 1. The van der Waals surface area contributed by atoms with Crippen LogP contribution in [0.5, 0.6) is 5.95 Å². The number of halogens is 3. The molecule has 1 aromatic heterocycles. The summed E-state index contributed by atoms with van der Waals surface area (Å²) in [5.74, 6) is -0.756. The van der Waals surface area contributed by atoms with Crippen LogP contribution in [0.4, 0.5) is 13.2 Å². The van der Waals surface area contributed by atoms with Gasteiger partial charge in [0.15, 0.2) is 0 Å². The van der Waals surface area contributed by atoms with Gasteiger partial charge in [-0.1, -0.05) is 18.2 Å². The zero-order chi connectivity index (χ0) is 14.0. The minimum absolute atomic E-state index is 0.0100. The Morgan fingerprint density at radius 2 is 1.84 bits per heavy atom. The molecule has 0 saturated carbocycles. The van der Waals surface area contributed by atoms with E-state index in [0.717, 1.165) is 6.07 Å². The lowest BCUT2D eigenvalue weighted by Crippen LogP contribution is -2.06. The predicted octanol–water partition coefficient (Wildman–Crippen LogP) is 3.89. The van der Waals surface area contributed by atoms with Gasteiger partial charge in [0.25, 0.3) is 5.95 Å². The summed E-state index contributed by atoms with van der Waals surface area (Å²) in [4.78, 5) is 10.7. The van der Waals surface area contributed by atoms with Gasteiger partial charge in [0.1, 0.15) is 5.76 Å². The van der Waals surface area contributed by atoms with E-state index in [9.17, 15) is 18.0 Å². The van der Waals surface area contributed by atoms with Crippen LogP contribution in [0, 0.1) is 0 Å². The second-order valence-corrected chi connectivity index (χ2v) is 3.76. The van der Waals surface area contributed by atoms with Crippen molar-refractivity contribution in [1.82, 2.24) is 0 Å². The third-order valence-electron chi connectivity index (χ3n) is 2.32. The maximum Gasteiger partial charge on any atom is 0.417 e. The van der Waals surface area contributed by atoms with Crippen molar-refractivity contribution in [2.24, 2.45) is 0 Å². The van der Waals surface area contributed by atoms with E-state index in [1.165, 1.54) is 37.3 Å². The van der Waals surface area contributed by atoms with Gasteiger partial charge in [-0.05, 0) is 12.1 Å². The third-order valence-corrected chi connectivity index (χ3v) is 2.32. The van der Waals surface area contributed by atoms with Crippen LogP contribution in [0.25, 0.3) is 11.3 Å². The quantitative estimate of drug-likeness (QED) is 0.777. The molecule has 100 valence electrons. The zero-order valence-corrected chi connectivity index (χ0v) is 9.82. The van der Waals surface area contributed by atoms with E-state index in [1.807, 2.05) is 0 Å². The fourth-order valence-corrected chi connectivity index (χ4v) is 1.61. The van der Waals surface area contributed by atoms with Gasteiger partial charge in [0.05, 0.1) is 5.56 Å². The van der Waals surface area contributed by atoms with Gasteiger partial charge in [0, 0.05) is 18.6 Å². The van der Waals surface area contributed by atoms with Gasteiger partial charge in [-0.2, -0.15) is 13.2 Å². The van der Waals surface area contributed by atoms with Crippen LogP contribution in [0.15, 0.2) is 40.8 Å². The number of carbonyl (C=O) groups excluding carboxylic acids is 1. The van der Waals surface area contributed by atoms with Crippen LogP contribution >= 0.6 is 0 Å². The Bertz CT molecular complexity index is 599. The average Bonchev–Trinajstić information content (AvgIpc) is 2.75. The molecule has 0 unspecified atom stereocenters. The van der Waals surface area contributed by atoms with Crippen LogP contribution in [-0.2, 0) is 11.0 Å². The molecule has 0 aliphatic heterocycles. The molecule has 2 rings (SSSR count). The summed E-state index contributed by atoms with van der Waals surface area (Å²) in [5.41, 5.74) is -0.910. The van der Waals surface area contributed by atoms with Gasteiger partial charge in [-0.3, -0.25) is 4.79 Å². The maximum absolute atomic E-state index is 12.8. The lowest BCUT2D eigenvalue weighted by molar-refractivity contribution is -0.137. The number of rotatable bonds is 2. The Kier molecular flexibility index (Phi) is 3.33. The molecule has 0 bridgehead atoms. The molecule has 6 heteroatoms. The van der Waals surface area contributed by atoms with E-state index in [2.05, 4.69) is 4.74 Å². The smallest absolute Gasteiger partial charge is 0.417 e. The number of ether oxygens (including phenoxy) is 1. The zero-order valence-electron chi connectivity index (χ0n) is 9.82. The first-order valence-corrected chi connectivity index (χ1v) is 5.33. The van der Waals surface area contributed by atoms with Gasteiger partial charge < -0.3 is 9.15 Å². The summed E-state index contributed by atoms with van der Waals surface area (Å²) < 4.78 is 48.2. The number of alkyl halides is 3. The van der Waals surface area contributed by atoms with Crippen molar-refractivity contribution >= 4 is 5.97 Å². The van der Waals surface area contributed by atoms with Crippen molar-refractivity contribution < 1.29 is 27.1 Å². The van der Waals surface area contributed by atoms with Gasteiger partial charge in [-0.25, -0.2) is 0 Å². The average molecular weight is 270 g/mol. The minimum atomic E-state index is -4.48. The van der Waals surface area contributed by atoms with E-state index in [-0.39, 0.29) is 17.3 Å². The van der Waals surface area contributed by atoms with Gasteiger partial charge >= 0.3 is 12.1 Å². The lowest BCUT2D eigenvalue weighted by Gasteiger charge is -2.10. The minimum Gasteiger partial charge on any atom is -0.425 e. The molecule has 0 atom stereocenters. The largest absolute Gasteiger partial charge is 0.425 e. The van der Waals surface area contributed by atoms with Crippen molar-refractivity contribution in [3.8, 4) is 17.3 Å². The molecular formula is C13H9F3O3. The standard InChI is InChI=1S/C13H9F3O3/c1-8(17)18-12-7-6-11(19-12)9-4-2-3-5-10(9)13(14,15)16/h2-7H,1H3. The number of benzene rings is 1. The molecule has 19 heavy (non-hydrogen) atoms. The first-order chi connectivity index (χ1) is 8.88. The molecular weight excluding hydrogens is 261 g/mol. The summed E-state index contributed by atoms with van der Waals surface area (Å²) in [5, 5.41) is 0. The first-order valence-electron chi connectivity index (χ1n) is 5.33. The summed E-state index contributed by atoms with van der Waals surface area (Å²) in [6.07, 6.45) is -4.48. The molecule has 0 aliphatic rings. The monoisotopic (exact) mass is 270 g/mol. The number of hydrogen-bond donors (Lipinski definition) is 0. The normalized spacial score (nSPS) is 11.4. The Balaban J connectivity index is 2.42. The van der Waals surface area contributed by atoms with Crippen LogP contribution in [0.3, 0.4) is 0 Å². The van der Waals surface area contributed by atoms with E-state index in [0.29, 0.717) is 0 Å². The van der Waals surface area contributed by atoms with Crippen molar-refractivity contribution in [1.29, 1.82) is 0 Å². The maximum atomic E-state index is 12.8. The molecule has 2 aromatic rings. The van der Waals surface area contributed by atoms with Crippen LogP contribution in [-0.4, -0.2) is 5.97 Å². The lowest BCUT2D eigenvalue weighted by atomic mass is 10.1. The summed E-state index contributed by atoms with van der Waals surface area (Å²) in [6, 6.07) is 7.64. The van der Waals surface area contributed by atoms with Crippen LogP contribution < -0.4 is 4.74 Å². The van der Waals surface area contributed by atoms with Crippen LogP contribution in [0.2, 0.25) is 0 Å². The van der Waals surface area contributed by atoms with Gasteiger partial charge in [0.2, 0.25) is 0 Å². The van der Waals surface area contributed by atoms with E-state index in [1.54, 1.807) is 0 Å². The highest BCUT2D eigenvalue weighted by atomic mass is 19.4. The van der Waals surface area contributed by atoms with Crippen molar-refractivity contribution in [2.45, 2.75) is 13.1 Å². The Labute approximate surface area is 106 Å². The van der Waals surface area contributed by atoms with Crippen molar-refractivity contribution in [2.75, 3.05) is 0 Å².